The third kappa shape index (κ3) is 2.23. The van der Waals surface area contributed by atoms with E-state index in [0.29, 0.717) is 0 Å². The molecule has 1 N–H and O–H groups in total. The topological polar surface area (TPSA) is 26.7 Å². The van der Waals surface area contributed by atoms with Crippen LogP contribution in [0.3, 0.4) is 0 Å². The summed E-state index contributed by atoms with van der Waals surface area (Å²) >= 11 is 0. The van der Waals surface area contributed by atoms with Crippen LogP contribution in [0.1, 0.15) is 24.0 Å². The second kappa shape index (κ2) is 5.02. The fourth-order valence-electron chi connectivity index (χ4n) is 2.85. The number of hydrogen-bond donors (Lipinski definition) is 1. The van der Waals surface area contributed by atoms with E-state index in [1.165, 1.54) is 37.3 Å². The Bertz CT molecular complexity index is 438. The third-order valence-corrected chi connectivity index (χ3v) is 3.81. The molecule has 96 valence electrons. The Morgan fingerprint density at radius 1 is 1.00 bits per heavy atom. The number of rotatable bonds is 3. The average Bonchev–Trinajstić information content (AvgIpc) is 2.89. The summed E-state index contributed by atoms with van der Waals surface area (Å²) in [7, 11) is 0. The van der Waals surface area contributed by atoms with E-state index in [9.17, 15) is 0 Å². The van der Waals surface area contributed by atoms with Gasteiger partial charge >= 0.3 is 0 Å². The first kappa shape index (κ1) is 11.6. The first-order valence-corrected chi connectivity index (χ1v) is 6.75. The Morgan fingerprint density at radius 3 is 2.56 bits per heavy atom. The van der Waals surface area contributed by atoms with Gasteiger partial charge in [-0.3, -0.25) is 0 Å². The van der Waals surface area contributed by atoms with Gasteiger partial charge in [0.1, 0.15) is 5.82 Å². The van der Waals surface area contributed by atoms with Crippen LogP contribution in [0.4, 0.5) is 0 Å². The van der Waals surface area contributed by atoms with Crippen molar-refractivity contribution >= 4 is 0 Å². The van der Waals surface area contributed by atoms with E-state index in [1.54, 1.807) is 0 Å². The molecule has 1 aromatic rings. The van der Waals surface area contributed by atoms with Crippen molar-refractivity contribution in [3.63, 3.8) is 0 Å². The molecule has 0 atom stereocenters. The van der Waals surface area contributed by atoms with Crippen molar-refractivity contribution in [2.45, 2.75) is 26.0 Å². The van der Waals surface area contributed by atoms with Gasteiger partial charge in [-0.15, -0.1) is 0 Å². The third-order valence-electron chi connectivity index (χ3n) is 3.81. The molecule has 0 radical (unpaired) electrons. The molecule has 0 aliphatic carbocycles. The summed E-state index contributed by atoms with van der Waals surface area (Å²) in [6.07, 6.45) is 4.81. The highest BCUT2D eigenvalue weighted by Gasteiger charge is 2.24. The lowest BCUT2D eigenvalue weighted by molar-refractivity contribution is 0.169. The molecule has 3 rings (SSSR count). The zero-order chi connectivity index (χ0) is 12.4. The lowest BCUT2D eigenvalue weighted by Crippen LogP contribution is -2.39. The van der Waals surface area contributed by atoms with Gasteiger partial charge in [-0.05, 0) is 30.0 Å². The van der Waals surface area contributed by atoms with Gasteiger partial charge in [-0.2, -0.15) is 0 Å². The van der Waals surface area contributed by atoms with E-state index < -0.39 is 0 Å². The fourth-order valence-corrected chi connectivity index (χ4v) is 2.85. The number of benzene rings is 1. The molecule has 0 bridgehead atoms. The molecule has 2 heterocycles. The van der Waals surface area contributed by atoms with Gasteiger partial charge < -0.3 is 14.9 Å². The standard InChI is InChI=1S/C15H20N2O/c18-12-14-6-4-13(5-7-14)11-17-10-2-9-16-8-1-3-15(16)17/h3-7,18H,1-2,8-12H2. The Hall–Kier alpha value is -1.48. The van der Waals surface area contributed by atoms with E-state index in [0.717, 1.165) is 18.7 Å². The Labute approximate surface area is 108 Å². The fraction of sp³-hybridized carbons (Fsp3) is 0.467. The SMILES string of the molecule is OCc1ccc(CN2CCCN3CCC=C32)cc1. The maximum absolute atomic E-state index is 9.05. The summed E-state index contributed by atoms with van der Waals surface area (Å²) in [5, 5.41) is 9.05. The number of fused-ring (bicyclic) bond motifs is 1. The van der Waals surface area contributed by atoms with Crippen LogP contribution in [0, 0.1) is 0 Å². The van der Waals surface area contributed by atoms with E-state index in [2.05, 4.69) is 28.0 Å². The van der Waals surface area contributed by atoms with E-state index in [1.807, 2.05) is 12.1 Å². The Morgan fingerprint density at radius 2 is 1.78 bits per heavy atom. The second-order valence-electron chi connectivity index (χ2n) is 5.09. The van der Waals surface area contributed by atoms with Crippen molar-refractivity contribution in [1.82, 2.24) is 9.80 Å². The zero-order valence-electron chi connectivity index (χ0n) is 10.7. The molecule has 1 saturated heterocycles. The Kier molecular flexibility index (Phi) is 3.24. The second-order valence-corrected chi connectivity index (χ2v) is 5.09. The number of hydrogen-bond acceptors (Lipinski definition) is 3. The highest BCUT2D eigenvalue weighted by molar-refractivity contribution is 5.23. The van der Waals surface area contributed by atoms with Gasteiger partial charge in [-0.25, -0.2) is 0 Å². The molecule has 1 fully saturated rings. The molecule has 0 unspecified atom stereocenters. The minimum absolute atomic E-state index is 0.128. The van der Waals surface area contributed by atoms with Gasteiger partial charge in [0.05, 0.1) is 6.61 Å². The summed E-state index contributed by atoms with van der Waals surface area (Å²) in [5.41, 5.74) is 2.31. The minimum Gasteiger partial charge on any atom is -0.392 e. The van der Waals surface area contributed by atoms with Crippen LogP contribution in [0.5, 0.6) is 0 Å². The Balaban J connectivity index is 1.71. The van der Waals surface area contributed by atoms with Gasteiger partial charge in [-0.1, -0.05) is 24.3 Å². The van der Waals surface area contributed by atoms with Crippen LogP contribution in [-0.2, 0) is 13.2 Å². The molecule has 0 aromatic heterocycles. The summed E-state index contributed by atoms with van der Waals surface area (Å²) in [4.78, 5) is 4.97. The smallest absolute Gasteiger partial charge is 0.100 e. The van der Waals surface area contributed by atoms with Crippen molar-refractivity contribution in [3.05, 3.63) is 47.3 Å². The van der Waals surface area contributed by atoms with Crippen LogP contribution in [-0.4, -0.2) is 34.5 Å². The number of aliphatic hydroxyl groups excluding tert-OH is 1. The zero-order valence-corrected chi connectivity index (χ0v) is 10.7. The predicted octanol–water partition coefficient (Wildman–Crippen LogP) is 1.93. The molecule has 1 aromatic carbocycles. The summed E-state index contributed by atoms with van der Waals surface area (Å²) in [6, 6.07) is 8.28. The summed E-state index contributed by atoms with van der Waals surface area (Å²) in [6.45, 7) is 4.67. The molecule has 0 amide bonds. The van der Waals surface area contributed by atoms with Gasteiger partial charge in [0, 0.05) is 26.2 Å². The molecule has 18 heavy (non-hydrogen) atoms. The van der Waals surface area contributed by atoms with Crippen molar-refractivity contribution in [3.8, 4) is 0 Å². The molecule has 2 aliphatic heterocycles. The van der Waals surface area contributed by atoms with Crippen LogP contribution in [0.2, 0.25) is 0 Å². The van der Waals surface area contributed by atoms with E-state index in [4.69, 9.17) is 5.11 Å². The van der Waals surface area contributed by atoms with Gasteiger partial charge in [0.25, 0.3) is 0 Å². The normalized spacial score (nSPS) is 18.8. The maximum atomic E-state index is 9.05. The van der Waals surface area contributed by atoms with Crippen LogP contribution < -0.4 is 0 Å². The minimum atomic E-state index is 0.128. The van der Waals surface area contributed by atoms with E-state index >= 15 is 0 Å². The highest BCUT2D eigenvalue weighted by Crippen LogP contribution is 2.25. The molecule has 3 heteroatoms. The van der Waals surface area contributed by atoms with Crippen molar-refractivity contribution in [2.75, 3.05) is 19.6 Å². The maximum Gasteiger partial charge on any atom is 0.100 e. The predicted molar refractivity (Wildman–Crippen MR) is 71.7 cm³/mol. The molecule has 0 spiro atoms. The molecule has 3 nitrogen and oxygen atoms in total. The van der Waals surface area contributed by atoms with Gasteiger partial charge in [0.15, 0.2) is 0 Å². The lowest BCUT2D eigenvalue weighted by atomic mass is 10.1. The molecule has 0 saturated carbocycles. The van der Waals surface area contributed by atoms with Crippen molar-refractivity contribution in [2.24, 2.45) is 0 Å². The van der Waals surface area contributed by atoms with Crippen LogP contribution in [0.15, 0.2) is 36.2 Å². The summed E-state index contributed by atoms with van der Waals surface area (Å²) < 4.78 is 0. The lowest BCUT2D eigenvalue weighted by Gasteiger charge is -2.38. The molecular formula is C15H20N2O. The van der Waals surface area contributed by atoms with Crippen LogP contribution >= 0.6 is 0 Å². The number of nitrogens with zero attached hydrogens (tertiary/aromatic N) is 2. The van der Waals surface area contributed by atoms with Crippen molar-refractivity contribution in [1.29, 1.82) is 0 Å². The van der Waals surface area contributed by atoms with Gasteiger partial charge in [0.2, 0.25) is 0 Å². The highest BCUT2D eigenvalue weighted by atomic mass is 16.3. The average molecular weight is 244 g/mol. The van der Waals surface area contributed by atoms with E-state index in [-0.39, 0.29) is 6.61 Å². The first-order valence-electron chi connectivity index (χ1n) is 6.75. The monoisotopic (exact) mass is 244 g/mol. The first-order chi connectivity index (χ1) is 8.86. The van der Waals surface area contributed by atoms with Crippen LogP contribution in [0.25, 0.3) is 0 Å². The molecule has 2 aliphatic rings. The quantitative estimate of drug-likeness (QED) is 0.880. The molecular weight excluding hydrogens is 224 g/mol. The summed E-state index contributed by atoms with van der Waals surface area (Å²) in [5.74, 6) is 1.42. The largest absolute Gasteiger partial charge is 0.392 e. The van der Waals surface area contributed by atoms with Crippen molar-refractivity contribution < 1.29 is 5.11 Å². The number of aliphatic hydroxyl groups is 1.